The maximum atomic E-state index is 4.59. The molecule has 1 saturated carbocycles. The molecular weight excluding hydrogens is 198 g/mol. The Kier molecular flexibility index (Phi) is 2.51. The van der Waals surface area contributed by atoms with E-state index >= 15 is 0 Å². The molecule has 0 bridgehead atoms. The van der Waals surface area contributed by atoms with Crippen LogP contribution in [0.4, 0.5) is 0 Å². The van der Waals surface area contributed by atoms with Gasteiger partial charge in [-0.05, 0) is 19.8 Å². The summed E-state index contributed by atoms with van der Waals surface area (Å²) in [6, 6.07) is 0.575. The lowest BCUT2D eigenvalue weighted by Crippen LogP contribution is -2.51. The van der Waals surface area contributed by atoms with Crippen LogP contribution in [0.3, 0.4) is 0 Å². The molecule has 2 heterocycles. The van der Waals surface area contributed by atoms with Crippen LogP contribution >= 0.6 is 0 Å². The number of hydrogen-bond acceptors (Lipinski definition) is 2. The van der Waals surface area contributed by atoms with Gasteiger partial charge in [0.2, 0.25) is 0 Å². The predicted molar refractivity (Wildman–Crippen MR) is 64.3 cm³/mol. The molecule has 1 spiro atoms. The van der Waals surface area contributed by atoms with E-state index in [9.17, 15) is 0 Å². The maximum Gasteiger partial charge on any atom is 0.0926 e. The van der Waals surface area contributed by atoms with Gasteiger partial charge in [-0.1, -0.05) is 25.7 Å². The molecule has 1 aromatic rings. The van der Waals surface area contributed by atoms with Crippen LogP contribution in [0.25, 0.3) is 0 Å². The van der Waals surface area contributed by atoms with E-state index in [0.717, 1.165) is 6.42 Å². The van der Waals surface area contributed by atoms with E-state index in [1.807, 2.05) is 6.33 Å². The summed E-state index contributed by atoms with van der Waals surface area (Å²) in [6.07, 6.45) is 10.9. The van der Waals surface area contributed by atoms with E-state index in [2.05, 4.69) is 22.2 Å². The second-order valence-corrected chi connectivity index (χ2v) is 5.48. The molecule has 0 radical (unpaired) electrons. The molecule has 1 aliphatic heterocycles. The standard InChI is InChI=1S/C13H21N3/c1-10-8-11-12(15-9-14-11)13(16-10)6-4-2-3-5-7-13/h9-10,16H,2-8H2,1H3,(H,14,15). The average molecular weight is 219 g/mol. The molecular formula is C13H21N3. The van der Waals surface area contributed by atoms with E-state index in [-0.39, 0.29) is 5.54 Å². The monoisotopic (exact) mass is 219 g/mol. The number of fused-ring (bicyclic) bond motifs is 2. The van der Waals surface area contributed by atoms with E-state index in [1.54, 1.807) is 0 Å². The average Bonchev–Trinajstić information content (AvgIpc) is 2.60. The topological polar surface area (TPSA) is 40.7 Å². The summed E-state index contributed by atoms with van der Waals surface area (Å²) < 4.78 is 0. The van der Waals surface area contributed by atoms with Crippen LogP contribution < -0.4 is 5.32 Å². The molecule has 2 aliphatic rings. The van der Waals surface area contributed by atoms with Crippen molar-refractivity contribution in [2.75, 3.05) is 0 Å². The number of aromatic nitrogens is 2. The second-order valence-electron chi connectivity index (χ2n) is 5.48. The highest BCUT2D eigenvalue weighted by molar-refractivity contribution is 5.26. The van der Waals surface area contributed by atoms with E-state index in [1.165, 1.54) is 49.9 Å². The van der Waals surface area contributed by atoms with Crippen molar-refractivity contribution in [1.82, 2.24) is 15.3 Å². The molecule has 0 aromatic carbocycles. The van der Waals surface area contributed by atoms with Gasteiger partial charge in [0, 0.05) is 18.2 Å². The first kappa shape index (κ1) is 10.3. The normalized spacial score (nSPS) is 28.7. The van der Waals surface area contributed by atoms with Crippen LogP contribution in [0, 0.1) is 0 Å². The fourth-order valence-corrected chi connectivity index (χ4v) is 3.50. The van der Waals surface area contributed by atoms with E-state index < -0.39 is 0 Å². The Labute approximate surface area is 97.0 Å². The van der Waals surface area contributed by atoms with Gasteiger partial charge in [-0.2, -0.15) is 0 Å². The Bertz CT molecular complexity index is 361. The van der Waals surface area contributed by atoms with Gasteiger partial charge in [0.25, 0.3) is 0 Å². The van der Waals surface area contributed by atoms with E-state index in [4.69, 9.17) is 0 Å². The highest BCUT2D eigenvalue weighted by Gasteiger charge is 2.40. The third kappa shape index (κ3) is 1.58. The molecule has 1 fully saturated rings. The molecule has 88 valence electrons. The SMILES string of the molecule is CC1Cc2[nH]cnc2C2(CCCCCC2)N1. The Balaban J connectivity index is 1.99. The highest BCUT2D eigenvalue weighted by Crippen LogP contribution is 2.39. The molecule has 16 heavy (non-hydrogen) atoms. The lowest BCUT2D eigenvalue weighted by atomic mass is 9.81. The molecule has 1 aromatic heterocycles. The van der Waals surface area contributed by atoms with Crippen LogP contribution in [-0.2, 0) is 12.0 Å². The first-order valence-electron chi connectivity index (χ1n) is 6.61. The number of imidazole rings is 1. The van der Waals surface area contributed by atoms with Gasteiger partial charge in [0.05, 0.1) is 17.6 Å². The molecule has 3 nitrogen and oxygen atoms in total. The van der Waals surface area contributed by atoms with Crippen LogP contribution in [0.15, 0.2) is 6.33 Å². The summed E-state index contributed by atoms with van der Waals surface area (Å²) in [5, 5.41) is 3.83. The molecule has 1 atom stereocenters. The Morgan fingerprint density at radius 1 is 1.25 bits per heavy atom. The van der Waals surface area contributed by atoms with Crippen LogP contribution in [0.5, 0.6) is 0 Å². The van der Waals surface area contributed by atoms with Gasteiger partial charge in [-0.25, -0.2) is 4.98 Å². The van der Waals surface area contributed by atoms with Crippen molar-refractivity contribution in [2.45, 2.75) is 63.5 Å². The first-order valence-corrected chi connectivity index (χ1v) is 6.61. The van der Waals surface area contributed by atoms with Crippen molar-refractivity contribution in [3.05, 3.63) is 17.7 Å². The van der Waals surface area contributed by atoms with Gasteiger partial charge in [-0.3, -0.25) is 0 Å². The zero-order valence-corrected chi connectivity index (χ0v) is 10.1. The van der Waals surface area contributed by atoms with Gasteiger partial charge in [0.15, 0.2) is 0 Å². The maximum absolute atomic E-state index is 4.59. The molecule has 3 heteroatoms. The minimum atomic E-state index is 0.184. The molecule has 0 saturated heterocycles. The van der Waals surface area contributed by atoms with Crippen molar-refractivity contribution >= 4 is 0 Å². The summed E-state index contributed by atoms with van der Waals surface area (Å²) in [4.78, 5) is 7.92. The van der Waals surface area contributed by atoms with E-state index in [0.29, 0.717) is 6.04 Å². The number of hydrogen-bond donors (Lipinski definition) is 2. The number of rotatable bonds is 0. The molecule has 2 N–H and O–H groups in total. The Morgan fingerprint density at radius 2 is 2.00 bits per heavy atom. The number of nitrogens with zero attached hydrogens (tertiary/aromatic N) is 1. The fraction of sp³-hybridized carbons (Fsp3) is 0.769. The smallest absolute Gasteiger partial charge is 0.0926 e. The Morgan fingerprint density at radius 3 is 2.75 bits per heavy atom. The minimum absolute atomic E-state index is 0.184. The van der Waals surface area contributed by atoms with Crippen LogP contribution in [0.1, 0.15) is 56.8 Å². The van der Waals surface area contributed by atoms with Crippen molar-refractivity contribution in [1.29, 1.82) is 0 Å². The van der Waals surface area contributed by atoms with Gasteiger partial charge >= 0.3 is 0 Å². The largest absolute Gasteiger partial charge is 0.348 e. The third-order valence-electron chi connectivity index (χ3n) is 4.16. The zero-order valence-electron chi connectivity index (χ0n) is 10.1. The second kappa shape index (κ2) is 3.88. The zero-order chi connectivity index (χ0) is 11.0. The highest BCUT2D eigenvalue weighted by atomic mass is 15.1. The summed E-state index contributed by atoms with van der Waals surface area (Å²) in [5.74, 6) is 0. The minimum Gasteiger partial charge on any atom is -0.348 e. The number of nitrogens with one attached hydrogen (secondary N) is 2. The van der Waals surface area contributed by atoms with Crippen molar-refractivity contribution in [3.63, 3.8) is 0 Å². The quantitative estimate of drug-likeness (QED) is 0.704. The first-order chi connectivity index (χ1) is 7.80. The van der Waals surface area contributed by atoms with Gasteiger partial charge < -0.3 is 10.3 Å². The molecule has 1 aliphatic carbocycles. The van der Waals surface area contributed by atoms with Crippen molar-refractivity contribution < 1.29 is 0 Å². The summed E-state index contributed by atoms with van der Waals surface area (Å²) in [6.45, 7) is 2.29. The molecule has 0 amide bonds. The number of H-pyrrole nitrogens is 1. The van der Waals surface area contributed by atoms with Gasteiger partial charge in [0.1, 0.15) is 0 Å². The lowest BCUT2D eigenvalue weighted by Gasteiger charge is -2.40. The van der Waals surface area contributed by atoms with Gasteiger partial charge in [-0.15, -0.1) is 0 Å². The van der Waals surface area contributed by atoms with Crippen LogP contribution in [0.2, 0.25) is 0 Å². The lowest BCUT2D eigenvalue weighted by molar-refractivity contribution is 0.233. The summed E-state index contributed by atoms with van der Waals surface area (Å²) >= 11 is 0. The van der Waals surface area contributed by atoms with Crippen LogP contribution in [-0.4, -0.2) is 16.0 Å². The predicted octanol–water partition coefficient (Wildman–Crippen LogP) is 2.49. The summed E-state index contributed by atoms with van der Waals surface area (Å²) in [7, 11) is 0. The third-order valence-corrected chi connectivity index (χ3v) is 4.16. The fourth-order valence-electron chi connectivity index (χ4n) is 3.50. The molecule has 3 rings (SSSR count). The molecule has 1 unspecified atom stereocenters. The summed E-state index contributed by atoms with van der Waals surface area (Å²) in [5.41, 5.74) is 2.87. The van der Waals surface area contributed by atoms with Crippen molar-refractivity contribution in [3.8, 4) is 0 Å². The van der Waals surface area contributed by atoms with Crippen molar-refractivity contribution in [2.24, 2.45) is 0 Å². The Hall–Kier alpha value is -0.830. The number of aromatic amines is 1.